The fourth-order valence-corrected chi connectivity index (χ4v) is 1.18. The number of hydrogen-bond acceptors (Lipinski definition) is 2. The molecule has 0 unspecified atom stereocenters. The van der Waals surface area contributed by atoms with Crippen LogP contribution in [-0.2, 0) is 0 Å². The van der Waals surface area contributed by atoms with E-state index in [0.717, 1.165) is 5.82 Å². The van der Waals surface area contributed by atoms with Crippen LogP contribution in [-0.4, -0.2) is 10.5 Å². The fraction of sp³-hybridized carbons (Fsp3) is 0.444. The summed E-state index contributed by atoms with van der Waals surface area (Å²) in [6.07, 6.45) is 4.13. The van der Waals surface area contributed by atoms with Gasteiger partial charge in [0.05, 0.1) is 5.02 Å². The number of pyridine rings is 1. The third-order valence-electron chi connectivity index (χ3n) is 2.16. The smallest absolute Gasteiger partial charge is 0.126 e. The predicted octanol–water partition coefficient (Wildman–Crippen LogP) is 2.70. The highest BCUT2D eigenvalue weighted by Gasteiger charge is 2.37. The van der Waals surface area contributed by atoms with E-state index < -0.39 is 0 Å². The third-order valence-corrected chi connectivity index (χ3v) is 2.38. The molecule has 12 heavy (non-hydrogen) atoms. The van der Waals surface area contributed by atoms with E-state index in [1.165, 1.54) is 12.8 Å². The van der Waals surface area contributed by atoms with Gasteiger partial charge in [0.25, 0.3) is 0 Å². The molecule has 0 bridgehead atoms. The Balaban J connectivity index is 2.08. The van der Waals surface area contributed by atoms with E-state index in [-0.39, 0.29) is 0 Å². The first kappa shape index (κ1) is 7.87. The van der Waals surface area contributed by atoms with Crippen molar-refractivity contribution in [3.63, 3.8) is 0 Å². The van der Waals surface area contributed by atoms with Gasteiger partial charge in [-0.15, -0.1) is 0 Å². The zero-order valence-corrected chi connectivity index (χ0v) is 7.73. The molecular formula is C9H11ClN2. The van der Waals surface area contributed by atoms with Crippen molar-refractivity contribution in [1.82, 2.24) is 4.98 Å². The molecule has 1 aromatic rings. The maximum Gasteiger partial charge on any atom is 0.126 e. The molecule has 0 aliphatic heterocycles. The van der Waals surface area contributed by atoms with Crippen LogP contribution in [0.3, 0.4) is 0 Å². The Morgan fingerprint density at radius 1 is 1.50 bits per heavy atom. The molecule has 1 saturated carbocycles. The van der Waals surface area contributed by atoms with E-state index >= 15 is 0 Å². The van der Waals surface area contributed by atoms with Gasteiger partial charge in [0.2, 0.25) is 0 Å². The van der Waals surface area contributed by atoms with E-state index in [1.807, 2.05) is 12.1 Å². The first-order valence-corrected chi connectivity index (χ1v) is 4.46. The van der Waals surface area contributed by atoms with E-state index in [1.54, 1.807) is 6.20 Å². The number of nitrogens with zero attached hydrogens (tertiary/aromatic N) is 1. The Kier molecular flexibility index (Phi) is 1.72. The maximum absolute atomic E-state index is 5.71. The molecule has 0 amide bonds. The van der Waals surface area contributed by atoms with Crippen LogP contribution in [0.4, 0.5) is 5.82 Å². The van der Waals surface area contributed by atoms with Crippen LogP contribution < -0.4 is 5.32 Å². The number of halogens is 1. The minimum absolute atomic E-state index is 0.292. The molecule has 64 valence electrons. The Morgan fingerprint density at radius 2 is 2.25 bits per heavy atom. The Labute approximate surface area is 77.0 Å². The largest absolute Gasteiger partial charge is 0.365 e. The monoisotopic (exact) mass is 182 g/mol. The van der Waals surface area contributed by atoms with Gasteiger partial charge in [0.15, 0.2) is 0 Å². The Hall–Kier alpha value is -0.760. The standard InChI is InChI=1S/C9H11ClN2/c1-9(4-5-9)12-8-3-2-7(10)6-11-8/h2-3,6H,4-5H2,1H3,(H,11,12). The molecule has 1 aromatic heterocycles. The molecule has 1 aliphatic rings. The average Bonchev–Trinajstić information content (AvgIpc) is 2.74. The third kappa shape index (κ3) is 1.69. The van der Waals surface area contributed by atoms with Gasteiger partial charge in [0.1, 0.15) is 5.82 Å². The zero-order valence-electron chi connectivity index (χ0n) is 6.97. The van der Waals surface area contributed by atoms with Crippen molar-refractivity contribution < 1.29 is 0 Å². The Morgan fingerprint density at radius 3 is 2.75 bits per heavy atom. The number of aromatic nitrogens is 1. The van der Waals surface area contributed by atoms with Crippen LogP contribution in [0.25, 0.3) is 0 Å². The molecule has 0 saturated heterocycles. The van der Waals surface area contributed by atoms with Crippen LogP contribution in [0.5, 0.6) is 0 Å². The average molecular weight is 183 g/mol. The molecular weight excluding hydrogens is 172 g/mol. The minimum atomic E-state index is 0.292. The SMILES string of the molecule is CC1(Nc2ccc(Cl)cn2)CC1. The molecule has 2 nitrogen and oxygen atoms in total. The zero-order chi connectivity index (χ0) is 8.60. The van der Waals surface area contributed by atoms with Crippen LogP contribution >= 0.6 is 11.6 Å². The highest BCUT2D eigenvalue weighted by Crippen LogP contribution is 2.37. The number of anilines is 1. The van der Waals surface area contributed by atoms with Gasteiger partial charge in [-0.05, 0) is 31.9 Å². The summed E-state index contributed by atoms with van der Waals surface area (Å²) >= 11 is 5.71. The van der Waals surface area contributed by atoms with Gasteiger partial charge in [-0.1, -0.05) is 11.6 Å². The van der Waals surface area contributed by atoms with Crippen molar-refractivity contribution in [1.29, 1.82) is 0 Å². The highest BCUT2D eigenvalue weighted by atomic mass is 35.5. The molecule has 3 heteroatoms. The quantitative estimate of drug-likeness (QED) is 0.761. The van der Waals surface area contributed by atoms with Crippen LogP contribution in [0.15, 0.2) is 18.3 Å². The van der Waals surface area contributed by atoms with Crippen LogP contribution in [0.1, 0.15) is 19.8 Å². The number of rotatable bonds is 2. The van der Waals surface area contributed by atoms with Crippen molar-refractivity contribution >= 4 is 17.4 Å². The molecule has 1 fully saturated rings. The summed E-state index contributed by atoms with van der Waals surface area (Å²) in [6.45, 7) is 2.20. The van der Waals surface area contributed by atoms with Gasteiger partial charge >= 0.3 is 0 Å². The number of hydrogen-bond donors (Lipinski definition) is 1. The van der Waals surface area contributed by atoms with Gasteiger partial charge in [-0.25, -0.2) is 4.98 Å². The Bertz CT molecular complexity index is 277. The molecule has 2 rings (SSSR count). The fourth-order valence-electron chi connectivity index (χ4n) is 1.07. The summed E-state index contributed by atoms with van der Waals surface area (Å²) in [7, 11) is 0. The molecule has 0 radical (unpaired) electrons. The van der Waals surface area contributed by atoms with Crippen molar-refractivity contribution in [3.8, 4) is 0 Å². The number of nitrogens with one attached hydrogen (secondary N) is 1. The lowest BCUT2D eigenvalue weighted by molar-refractivity contribution is 0.821. The maximum atomic E-state index is 5.71. The first-order valence-electron chi connectivity index (χ1n) is 4.08. The summed E-state index contributed by atoms with van der Waals surface area (Å²) < 4.78 is 0. The summed E-state index contributed by atoms with van der Waals surface area (Å²) in [5.74, 6) is 0.916. The van der Waals surface area contributed by atoms with E-state index in [9.17, 15) is 0 Å². The molecule has 1 aliphatic carbocycles. The summed E-state index contributed by atoms with van der Waals surface area (Å²) in [4.78, 5) is 4.16. The van der Waals surface area contributed by atoms with Gasteiger partial charge < -0.3 is 5.32 Å². The van der Waals surface area contributed by atoms with Gasteiger partial charge in [-0.2, -0.15) is 0 Å². The lowest BCUT2D eigenvalue weighted by Crippen LogP contribution is -2.16. The van der Waals surface area contributed by atoms with E-state index in [0.29, 0.717) is 10.6 Å². The van der Waals surface area contributed by atoms with Gasteiger partial charge in [0, 0.05) is 11.7 Å². The van der Waals surface area contributed by atoms with Crippen molar-refractivity contribution in [3.05, 3.63) is 23.4 Å². The second-order valence-electron chi connectivity index (χ2n) is 3.55. The van der Waals surface area contributed by atoms with Crippen LogP contribution in [0, 0.1) is 0 Å². The van der Waals surface area contributed by atoms with Crippen molar-refractivity contribution in [2.24, 2.45) is 0 Å². The molecule has 0 spiro atoms. The van der Waals surface area contributed by atoms with Crippen molar-refractivity contribution in [2.75, 3.05) is 5.32 Å². The predicted molar refractivity (Wildman–Crippen MR) is 50.5 cm³/mol. The van der Waals surface area contributed by atoms with E-state index in [2.05, 4.69) is 17.2 Å². The summed E-state index contributed by atoms with van der Waals surface area (Å²) in [5.41, 5.74) is 0.292. The second-order valence-corrected chi connectivity index (χ2v) is 3.98. The summed E-state index contributed by atoms with van der Waals surface area (Å²) in [6, 6.07) is 3.76. The molecule has 0 aromatic carbocycles. The second kappa shape index (κ2) is 2.63. The van der Waals surface area contributed by atoms with Crippen LogP contribution in [0.2, 0.25) is 5.02 Å². The minimum Gasteiger partial charge on any atom is -0.365 e. The highest BCUT2D eigenvalue weighted by molar-refractivity contribution is 6.30. The normalized spacial score (nSPS) is 18.8. The summed E-state index contributed by atoms with van der Waals surface area (Å²) in [5, 5.41) is 4.03. The van der Waals surface area contributed by atoms with E-state index in [4.69, 9.17) is 11.6 Å². The van der Waals surface area contributed by atoms with Crippen molar-refractivity contribution in [2.45, 2.75) is 25.3 Å². The first-order chi connectivity index (χ1) is 5.68. The lowest BCUT2D eigenvalue weighted by Gasteiger charge is -2.11. The molecule has 1 heterocycles. The molecule has 1 N–H and O–H groups in total. The van der Waals surface area contributed by atoms with Gasteiger partial charge in [-0.3, -0.25) is 0 Å². The lowest BCUT2D eigenvalue weighted by atomic mass is 10.3. The topological polar surface area (TPSA) is 24.9 Å². The molecule has 0 atom stereocenters.